The Morgan fingerprint density at radius 2 is 1.68 bits per heavy atom. The maximum atomic E-state index is 13.2. The van der Waals surface area contributed by atoms with E-state index in [2.05, 4.69) is 34.5 Å². The van der Waals surface area contributed by atoms with Crippen LogP contribution in [-0.2, 0) is 11.2 Å². The fourth-order valence-electron chi connectivity index (χ4n) is 4.85. The zero-order valence-corrected chi connectivity index (χ0v) is 17.7. The second-order valence-electron chi connectivity index (χ2n) is 8.71. The average Bonchev–Trinajstić information content (AvgIpc) is 3.64. The summed E-state index contributed by atoms with van der Waals surface area (Å²) in [6, 6.07) is 22.8. The molecule has 4 nitrogen and oxygen atoms in total. The first-order chi connectivity index (χ1) is 15.2. The highest BCUT2D eigenvalue weighted by Gasteiger charge is 2.39. The lowest BCUT2D eigenvalue weighted by Crippen LogP contribution is -2.40. The third-order valence-electron chi connectivity index (χ3n) is 6.54. The summed E-state index contributed by atoms with van der Waals surface area (Å²) in [5, 5.41) is 5.10. The normalized spacial score (nSPS) is 17.7. The van der Waals surface area contributed by atoms with Crippen molar-refractivity contribution in [2.75, 3.05) is 6.54 Å². The number of aryl methyl sites for hydroxylation is 1. The van der Waals surface area contributed by atoms with Crippen LogP contribution in [0.5, 0.6) is 0 Å². The minimum Gasteiger partial charge on any atom is -0.352 e. The molecule has 5 rings (SSSR count). The molecular formula is C27H28N2O2. The average molecular weight is 413 g/mol. The van der Waals surface area contributed by atoms with Crippen LogP contribution in [0, 0.1) is 0 Å². The van der Waals surface area contributed by atoms with Crippen molar-refractivity contribution in [3.05, 3.63) is 83.4 Å². The van der Waals surface area contributed by atoms with Crippen molar-refractivity contribution >= 4 is 22.6 Å². The number of carbonyl (C=O) groups is 2. The van der Waals surface area contributed by atoms with Gasteiger partial charge >= 0.3 is 0 Å². The number of rotatable bonds is 6. The minimum atomic E-state index is -0.125. The number of carbonyl (C=O) groups excluding carboxylic acids is 2. The molecule has 0 radical (unpaired) electrons. The maximum Gasteiger partial charge on any atom is 0.251 e. The standard InChI is InChI=1S/C27H28N2O2/c30-26(16-17-28-27(31)22-13-12-19-6-1-2-8-21(19)18-22)29(23-14-15-23)25-11-5-9-20-7-3-4-10-24(20)25/h1-4,6-8,10,12-13,18,23,25H,5,9,11,14-17H2,(H,28,31). The van der Waals surface area contributed by atoms with Crippen LogP contribution in [0.1, 0.15) is 59.6 Å². The van der Waals surface area contributed by atoms with Crippen LogP contribution in [-0.4, -0.2) is 29.3 Å². The van der Waals surface area contributed by atoms with E-state index in [0.29, 0.717) is 24.6 Å². The summed E-state index contributed by atoms with van der Waals surface area (Å²) in [5.41, 5.74) is 3.32. The van der Waals surface area contributed by atoms with Gasteiger partial charge in [0.25, 0.3) is 5.91 Å². The molecule has 3 aromatic carbocycles. The molecule has 158 valence electrons. The molecular weight excluding hydrogens is 384 g/mol. The molecule has 1 unspecified atom stereocenters. The third-order valence-corrected chi connectivity index (χ3v) is 6.54. The van der Waals surface area contributed by atoms with Crippen molar-refractivity contribution in [2.24, 2.45) is 0 Å². The molecule has 4 heteroatoms. The second kappa shape index (κ2) is 8.54. The van der Waals surface area contributed by atoms with E-state index in [1.54, 1.807) is 0 Å². The lowest BCUT2D eigenvalue weighted by atomic mass is 9.86. The maximum absolute atomic E-state index is 13.2. The molecule has 2 aliphatic carbocycles. The van der Waals surface area contributed by atoms with Crippen LogP contribution in [0.25, 0.3) is 10.8 Å². The highest BCUT2D eigenvalue weighted by molar-refractivity contribution is 5.98. The van der Waals surface area contributed by atoms with Gasteiger partial charge in [0.05, 0.1) is 6.04 Å². The van der Waals surface area contributed by atoms with Gasteiger partial charge in [-0.25, -0.2) is 0 Å². The summed E-state index contributed by atoms with van der Waals surface area (Å²) in [6.07, 6.45) is 5.77. The lowest BCUT2D eigenvalue weighted by Gasteiger charge is -2.36. The monoisotopic (exact) mass is 412 g/mol. The van der Waals surface area contributed by atoms with Crippen LogP contribution in [0.2, 0.25) is 0 Å². The van der Waals surface area contributed by atoms with E-state index in [9.17, 15) is 9.59 Å². The molecule has 1 N–H and O–H groups in total. The van der Waals surface area contributed by atoms with E-state index in [4.69, 9.17) is 0 Å². The van der Waals surface area contributed by atoms with E-state index in [-0.39, 0.29) is 17.9 Å². The van der Waals surface area contributed by atoms with Crippen LogP contribution >= 0.6 is 0 Å². The quantitative estimate of drug-likeness (QED) is 0.617. The summed E-state index contributed by atoms with van der Waals surface area (Å²) in [5.74, 6) is 0.0301. The summed E-state index contributed by atoms with van der Waals surface area (Å²) in [7, 11) is 0. The number of hydrogen-bond acceptors (Lipinski definition) is 2. The molecule has 0 heterocycles. The van der Waals surface area contributed by atoms with Crippen molar-refractivity contribution in [1.29, 1.82) is 0 Å². The Labute approximate surface area is 183 Å². The molecule has 1 fully saturated rings. The highest BCUT2D eigenvalue weighted by Crippen LogP contribution is 2.41. The SMILES string of the molecule is O=C(NCCC(=O)N(C1CC1)C1CCCc2ccccc21)c1ccc2ccccc2c1. The van der Waals surface area contributed by atoms with E-state index < -0.39 is 0 Å². The molecule has 2 aliphatic rings. The fraction of sp³-hybridized carbons (Fsp3) is 0.333. The van der Waals surface area contributed by atoms with Gasteiger partial charge in [-0.15, -0.1) is 0 Å². The van der Waals surface area contributed by atoms with Crippen molar-refractivity contribution in [3.8, 4) is 0 Å². The number of amides is 2. The predicted octanol–water partition coefficient (Wildman–Crippen LogP) is 5.03. The first-order valence-corrected chi connectivity index (χ1v) is 11.4. The largest absolute Gasteiger partial charge is 0.352 e. The van der Waals surface area contributed by atoms with Crippen molar-refractivity contribution in [3.63, 3.8) is 0 Å². The van der Waals surface area contributed by atoms with E-state index in [1.165, 1.54) is 11.1 Å². The predicted molar refractivity (Wildman–Crippen MR) is 123 cm³/mol. The molecule has 1 atom stereocenters. The Balaban J connectivity index is 1.23. The summed E-state index contributed by atoms with van der Waals surface area (Å²) >= 11 is 0. The number of benzene rings is 3. The fourth-order valence-corrected chi connectivity index (χ4v) is 4.85. The number of nitrogens with zero attached hydrogens (tertiary/aromatic N) is 1. The summed E-state index contributed by atoms with van der Waals surface area (Å²) in [6.45, 7) is 0.363. The Kier molecular flexibility index (Phi) is 5.46. The lowest BCUT2D eigenvalue weighted by molar-refractivity contribution is -0.134. The summed E-state index contributed by atoms with van der Waals surface area (Å²) in [4.78, 5) is 27.9. The number of hydrogen-bond donors (Lipinski definition) is 1. The molecule has 0 spiro atoms. The van der Waals surface area contributed by atoms with E-state index in [0.717, 1.165) is 42.9 Å². The molecule has 0 aliphatic heterocycles. The van der Waals surface area contributed by atoms with Crippen LogP contribution in [0.4, 0.5) is 0 Å². The molecule has 3 aromatic rings. The van der Waals surface area contributed by atoms with Gasteiger partial charge in [-0.3, -0.25) is 9.59 Å². The van der Waals surface area contributed by atoms with Crippen molar-refractivity contribution in [1.82, 2.24) is 10.2 Å². The topological polar surface area (TPSA) is 49.4 Å². The second-order valence-corrected chi connectivity index (χ2v) is 8.71. The van der Waals surface area contributed by atoms with Gasteiger partial charge < -0.3 is 10.2 Å². The smallest absolute Gasteiger partial charge is 0.251 e. The third kappa shape index (κ3) is 4.20. The van der Waals surface area contributed by atoms with Gasteiger partial charge in [0.2, 0.25) is 5.91 Å². The zero-order chi connectivity index (χ0) is 21.2. The van der Waals surface area contributed by atoms with Crippen LogP contribution in [0.15, 0.2) is 66.7 Å². The zero-order valence-electron chi connectivity index (χ0n) is 17.7. The molecule has 0 saturated heterocycles. The Hall–Kier alpha value is -3.14. The van der Waals surface area contributed by atoms with Gasteiger partial charge in [0, 0.05) is 24.6 Å². The minimum absolute atomic E-state index is 0.125. The summed E-state index contributed by atoms with van der Waals surface area (Å²) < 4.78 is 0. The molecule has 31 heavy (non-hydrogen) atoms. The van der Waals surface area contributed by atoms with Crippen molar-refractivity contribution in [2.45, 2.75) is 50.6 Å². The van der Waals surface area contributed by atoms with E-state index >= 15 is 0 Å². The van der Waals surface area contributed by atoms with E-state index in [1.807, 2.05) is 42.5 Å². The molecule has 0 aromatic heterocycles. The van der Waals surface area contributed by atoms with Crippen molar-refractivity contribution < 1.29 is 9.59 Å². The Morgan fingerprint density at radius 3 is 2.52 bits per heavy atom. The Morgan fingerprint density at radius 1 is 0.903 bits per heavy atom. The van der Waals surface area contributed by atoms with Gasteiger partial charge in [-0.05, 0) is 66.1 Å². The Bertz CT molecular complexity index is 1120. The van der Waals surface area contributed by atoms with Gasteiger partial charge in [-0.1, -0.05) is 54.6 Å². The molecule has 0 bridgehead atoms. The number of nitrogens with one attached hydrogen (secondary N) is 1. The van der Waals surface area contributed by atoms with Crippen LogP contribution in [0.3, 0.4) is 0 Å². The highest BCUT2D eigenvalue weighted by atomic mass is 16.2. The van der Waals surface area contributed by atoms with Gasteiger partial charge in [-0.2, -0.15) is 0 Å². The molecule has 1 saturated carbocycles. The first kappa shape index (κ1) is 19.8. The van der Waals surface area contributed by atoms with Crippen LogP contribution < -0.4 is 5.32 Å². The van der Waals surface area contributed by atoms with Gasteiger partial charge in [0.1, 0.15) is 0 Å². The first-order valence-electron chi connectivity index (χ1n) is 11.4. The van der Waals surface area contributed by atoms with Gasteiger partial charge in [0.15, 0.2) is 0 Å². The number of fused-ring (bicyclic) bond motifs is 2. The molecule has 2 amide bonds.